The molecule has 100 valence electrons. The molecule has 0 spiro atoms. The molecular weight excluding hydrogens is 264 g/mol. The molecule has 0 fully saturated rings. The molecule has 0 saturated heterocycles. The van der Waals surface area contributed by atoms with Gasteiger partial charge in [0.25, 0.3) is 0 Å². The molecule has 19 heavy (non-hydrogen) atoms. The van der Waals surface area contributed by atoms with Gasteiger partial charge in [-0.1, -0.05) is 23.7 Å². The zero-order valence-electron chi connectivity index (χ0n) is 10.9. The second kappa shape index (κ2) is 5.99. The Morgan fingerprint density at radius 2 is 1.84 bits per heavy atom. The summed E-state index contributed by atoms with van der Waals surface area (Å²) in [6.07, 6.45) is 0.637. The molecule has 0 radical (unpaired) electrons. The molecule has 0 aliphatic heterocycles. The van der Waals surface area contributed by atoms with E-state index in [-0.39, 0.29) is 6.61 Å². The first-order valence-electron chi connectivity index (χ1n) is 5.98. The summed E-state index contributed by atoms with van der Waals surface area (Å²) in [4.78, 5) is 8.29. The van der Waals surface area contributed by atoms with Crippen molar-refractivity contribution in [1.82, 2.24) is 9.97 Å². The quantitative estimate of drug-likeness (QED) is 0.873. The number of halogens is 1. The predicted octanol–water partition coefficient (Wildman–Crippen LogP) is 3.07. The van der Waals surface area contributed by atoms with E-state index in [0.29, 0.717) is 34.6 Å². The van der Waals surface area contributed by atoms with Gasteiger partial charge in [-0.2, -0.15) is 4.98 Å². The van der Waals surface area contributed by atoms with Gasteiger partial charge in [-0.25, -0.2) is 4.98 Å². The van der Waals surface area contributed by atoms with Gasteiger partial charge in [0, 0.05) is 12.2 Å². The summed E-state index contributed by atoms with van der Waals surface area (Å²) in [5.74, 6) is 1.72. The van der Waals surface area contributed by atoms with Gasteiger partial charge in [-0.3, -0.25) is 0 Å². The van der Waals surface area contributed by atoms with Crippen LogP contribution in [0.3, 0.4) is 0 Å². The third-order valence-corrected chi connectivity index (χ3v) is 3.06. The van der Waals surface area contributed by atoms with E-state index < -0.39 is 0 Å². The monoisotopic (exact) mass is 278 g/mol. The Hall–Kier alpha value is -1.65. The fraction of sp³-hybridized carbons (Fsp3) is 0.286. The van der Waals surface area contributed by atoms with Crippen LogP contribution in [-0.2, 0) is 6.42 Å². The van der Waals surface area contributed by atoms with Gasteiger partial charge in [0.2, 0.25) is 5.88 Å². The van der Waals surface area contributed by atoms with Gasteiger partial charge in [0.1, 0.15) is 16.7 Å². The summed E-state index contributed by atoms with van der Waals surface area (Å²) in [5.41, 5.74) is 1.77. The standard InChI is InChI=1S/C14H15ClN2O2/c1-9-13(15)16-10(2)17-14(9)19-12-5-3-11(4-6-12)7-8-18/h3-6,18H,7-8H2,1-2H3. The van der Waals surface area contributed by atoms with Crippen LogP contribution < -0.4 is 4.74 Å². The van der Waals surface area contributed by atoms with E-state index in [2.05, 4.69) is 9.97 Å². The normalized spacial score (nSPS) is 10.5. The highest BCUT2D eigenvalue weighted by Gasteiger charge is 2.09. The zero-order chi connectivity index (χ0) is 13.8. The van der Waals surface area contributed by atoms with Crippen molar-refractivity contribution in [1.29, 1.82) is 0 Å². The van der Waals surface area contributed by atoms with Crippen molar-refractivity contribution in [2.45, 2.75) is 20.3 Å². The molecule has 0 amide bonds. The highest BCUT2D eigenvalue weighted by atomic mass is 35.5. The van der Waals surface area contributed by atoms with Gasteiger partial charge in [0.05, 0.1) is 0 Å². The summed E-state index contributed by atoms with van der Waals surface area (Å²) in [5, 5.41) is 9.26. The van der Waals surface area contributed by atoms with Crippen molar-refractivity contribution in [3.63, 3.8) is 0 Å². The topological polar surface area (TPSA) is 55.2 Å². The second-order valence-corrected chi connectivity index (χ2v) is 4.57. The van der Waals surface area contributed by atoms with E-state index in [1.54, 1.807) is 6.92 Å². The SMILES string of the molecule is Cc1nc(Cl)c(C)c(Oc2ccc(CCO)cc2)n1. The average molecular weight is 279 g/mol. The predicted molar refractivity (Wildman–Crippen MR) is 73.8 cm³/mol. The van der Waals surface area contributed by atoms with Crippen molar-refractivity contribution in [3.8, 4) is 11.6 Å². The fourth-order valence-electron chi connectivity index (χ4n) is 1.63. The molecule has 0 unspecified atom stereocenters. The van der Waals surface area contributed by atoms with Crippen LogP contribution in [0.4, 0.5) is 0 Å². The minimum Gasteiger partial charge on any atom is -0.439 e. The van der Waals surface area contributed by atoms with Crippen molar-refractivity contribution < 1.29 is 9.84 Å². The lowest BCUT2D eigenvalue weighted by Gasteiger charge is -2.09. The van der Waals surface area contributed by atoms with Gasteiger partial charge < -0.3 is 9.84 Å². The summed E-state index contributed by atoms with van der Waals surface area (Å²) in [6, 6.07) is 7.51. The molecule has 1 aromatic heterocycles. The van der Waals surface area contributed by atoms with Crippen molar-refractivity contribution in [2.24, 2.45) is 0 Å². The summed E-state index contributed by atoms with van der Waals surface area (Å²) >= 11 is 5.99. The molecule has 0 saturated carbocycles. The van der Waals surface area contributed by atoms with Crippen molar-refractivity contribution in [3.05, 3.63) is 46.4 Å². The van der Waals surface area contributed by atoms with Gasteiger partial charge >= 0.3 is 0 Å². The Labute approximate surface area is 117 Å². The number of hydrogen-bond acceptors (Lipinski definition) is 4. The number of ether oxygens (including phenoxy) is 1. The molecule has 0 aliphatic carbocycles. The van der Waals surface area contributed by atoms with E-state index >= 15 is 0 Å². The highest BCUT2D eigenvalue weighted by Crippen LogP contribution is 2.26. The van der Waals surface area contributed by atoms with Crippen LogP contribution in [0.15, 0.2) is 24.3 Å². The second-order valence-electron chi connectivity index (χ2n) is 4.21. The molecule has 4 nitrogen and oxygen atoms in total. The Balaban J connectivity index is 2.21. The highest BCUT2D eigenvalue weighted by molar-refractivity contribution is 6.30. The van der Waals surface area contributed by atoms with Gasteiger partial charge in [-0.15, -0.1) is 0 Å². The molecule has 1 N–H and O–H groups in total. The lowest BCUT2D eigenvalue weighted by atomic mass is 10.1. The largest absolute Gasteiger partial charge is 0.439 e. The lowest BCUT2D eigenvalue weighted by Crippen LogP contribution is -1.98. The van der Waals surface area contributed by atoms with Crippen LogP contribution in [0, 0.1) is 13.8 Å². The smallest absolute Gasteiger partial charge is 0.226 e. The molecule has 1 aromatic carbocycles. The number of aryl methyl sites for hydroxylation is 1. The number of aliphatic hydroxyl groups is 1. The van der Waals surface area contributed by atoms with Gasteiger partial charge in [0.15, 0.2) is 0 Å². The molecule has 5 heteroatoms. The van der Waals surface area contributed by atoms with Crippen LogP contribution in [0.2, 0.25) is 5.15 Å². The summed E-state index contributed by atoms with van der Waals surface area (Å²) in [6.45, 7) is 3.72. The van der Waals surface area contributed by atoms with Crippen LogP contribution >= 0.6 is 11.6 Å². The van der Waals surface area contributed by atoms with E-state index in [4.69, 9.17) is 21.4 Å². The van der Waals surface area contributed by atoms with Gasteiger partial charge in [-0.05, 0) is 38.0 Å². The number of aromatic nitrogens is 2. The Kier molecular flexibility index (Phi) is 4.35. The minimum absolute atomic E-state index is 0.139. The molecule has 0 atom stereocenters. The lowest BCUT2D eigenvalue weighted by molar-refractivity contribution is 0.299. The first-order chi connectivity index (χ1) is 9.10. The molecular formula is C14H15ClN2O2. The number of aliphatic hydroxyl groups excluding tert-OH is 1. The molecule has 0 aliphatic rings. The first-order valence-corrected chi connectivity index (χ1v) is 6.36. The Morgan fingerprint density at radius 3 is 2.47 bits per heavy atom. The third kappa shape index (κ3) is 3.43. The maximum atomic E-state index is 8.86. The number of nitrogens with zero attached hydrogens (tertiary/aromatic N) is 2. The Morgan fingerprint density at radius 1 is 1.16 bits per heavy atom. The van der Waals surface area contributed by atoms with Crippen LogP contribution in [0.5, 0.6) is 11.6 Å². The molecule has 1 heterocycles. The third-order valence-electron chi connectivity index (χ3n) is 2.69. The van der Waals surface area contributed by atoms with E-state index in [1.807, 2.05) is 31.2 Å². The summed E-state index contributed by atoms with van der Waals surface area (Å²) in [7, 11) is 0. The van der Waals surface area contributed by atoms with Crippen molar-refractivity contribution >= 4 is 11.6 Å². The van der Waals surface area contributed by atoms with Crippen LogP contribution in [-0.4, -0.2) is 21.7 Å². The van der Waals surface area contributed by atoms with Crippen molar-refractivity contribution in [2.75, 3.05) is 6.61 Å². The first kappa shape index (κ1) is 13.8. The summed E-state index contributed by atoms with van der Waals surface area (Å²) < 4.78 is 5.71. The number of benzene rings is 1. The molecule has 2 rings (SSSR count). The van der Waals surface area contributed by atoms with E-state index in [9.17, 15) is 0 Å². The number of rotatable bonds is 4. The molecule has 0 bridgehead atoms. The number of hydrogen-bond donors (Lipinski definition) is 1. The van der Waals surface area contributed by atoms with E-state index in [0.717, 1.165) is 5.56 Å². The maximum absolute atomic E-state index is 8.86. The Bertz CT molecular complexity index is 570. The molecule has 2 aromatic rings. The fourth-order valence-corrected chi connectivity index (χ4v) is 1.84. The van der Waals surface area contributed by atoms with Crippen LogP contribution in [0.25, 0.3) is 0 Å². The van der Waals surface area contributed by atoms with E-state index in [1.165, 1.54) is 0 Å². The average Bonchev–Trinajstić information content (AvgIpc) is 2.38. The zero-order valence-corrected chi connectivity index (χ0v) is 11.6. The maximum Gasteiger partial charge on any atom is 0.226 e. The minimum atomic E-state index is 0.139. The van der Waals surface area contributed by atoms with Crippen LogP contribution in [0.1, 0.15) is 17.0 Å².